The number of nitrogens with zero attached hydrogens (tertiary/aromatic N) is 1. The number of hydrogen-bond donors (Lipinski definition) is 1. The van der Waals surface area contributed by atoms with Gasteiger partial charge >= 0.3 is 10.1 Å². The molecule has 0 aliphatic carbocycles. The highest BCUT2D eigenvalue weighted by Crippen LogP contribution is 2.21. The van der Waals surface area contributed by atoms with E-state index in [-0.39, 0.29) is 11.0 Å². The lowest BCUT2D eigenvalue weighted by Crippen LogP contribution is -2.02. The van der Waals surface area contributed by atoms with Crippen LogP contribution >= 0.6 is 0 Å². The fourth-order valence-corrected chi connectivity index (χ4v) is 1.48. The fraction of sp³-hybridized carbons (Fsp3) is 0. The Kier molecular flexibility index (Phi) is 5.68. The van der Waals surface area contributed by atoms with Crippen LogP contribution in [0.15, 0.2) is 29.2 Å². The third-order valence-corrected chi connectivity index (χ3v) is 2.24. The molecule has 0 heterocycles. The van der Waals surface area contributed by atoms with Crippen molar-refractivity contribution in [1.82, 2.24) is 0 Å². The molecular weight excluding hydrogens is 230 g/mol. The number of rotatable bonds is 2. The molecule has 0 aromatic heterocycles. The van der Waals surface area contributed by atoms with E-state index in [1.807, 2.05) is 0 Å². The van der Waals surface area contributed by atoms with E-state index in [0.29, 0.717) is 0 Å². The molecule has 0 saturated heterocycles. The lowest BCUT2D eigenvalue weighted by Gasteiger charge is -1.97. The summed E-state index contributed by atoms with van der Waals surface area (Å²) in [5.74, 6) is 0. The van der Waals surface area contributed by atoms with Crippen molar-refractivity contribution in [3.05, 3.63) is 34.4 Å². The van der Waals surface area contributed by atoms with Crippen LogP contribution in [-0.4, -0.2) is 28.8 Å². The second-order valence-electron chi connectivity index (χ2n) is 2.20. The van der Waals surface area contributed by atoms with Gasteiger partial charge in [-0.05, 0) is 6.07 Å². The number of nitro groups is 1. The maximum absolute atomic E-state index is 10.6. The second-order valence-corrected chi connectivity index (χ2v) is 3.59. The summed E-state index contributed by atoms with van der Waals surface area (Å²) >= 11 is 0. The van der Waals surface area contributed by atoms with Gasteiger partial charge in [-0.25, -0.2) is 0 Å². The summed E-state index contributed by atoms with van der Waals surface area (Å²) in [6, 6.07) is 4.57. The molecule has 1 rings (SSSR count). The predicted octanol–water partition coefficient (Wildman–Crippen LogP) is -0.808. The lowest BCUT2D eigenvalue weighted by atomic mass is 10.3. The summed E-state index contributed by atoms with van der Waals surface area (Å²) in [7, 11) is -4.52. The Morgan fingerprint density at radius 3 is 2.00 bits per heavy atom. The van der Waals surface area contributed by atoms with Crippen LogP contribution in [0.1, 0.15) is 0 Å². The van der Waals surface area contributed by atoms with Gasteiger partial charge in [-0.15, -0.1) is 0 Å². The van der Waals surface area contributed by atoms with Crippen LogP contribution in [0.4, 0.5) is 5.69 Å². The van der Waals surface area contributed by atoms with Crippen molar-refractivity contribution < 1.29 is 28.8 Å². The van der Waals surface area contributed by atoms with Crippen LogP contribution in [0.2, 0.25) is 0 Å². The summed E-state index contributed by atoms with van der Waals surface area (Å²) in [6.07, 6.45) is 0. The first kappa shape index (κ1) is 15.9. The average molecular weight is 239 g/mol. The Balaban J connectivity index is 0. The molecular formula is C6H9NO7S. The van der Waals surface area contributed by atoms with Crippen LogP contribution in [-0.2, 0) is 10.1 Å². The van der Waals surface area contributed by atoms with Gasteiger partial charge in [0.1, 0.15) is 0 Å². The molecule has 0 unspecified atom stereocenters. The first-order valence-corrected chi connectivity index (χ1v) is 4.58. The van der Waals surface area contributed by atoms with Gasteiger partial charge in [-0.2, -0.15) is 8.42 Å². The molecule has 9 heteroatoms. The zero-order chi connectivity index (χ0) is 10.1. The first-order valence-electron chi connectivity index (χ1n) is 3.14. The molecule has 1 aromatic carbocycles. The van der Waals surface area contributed by atoms with Crippen LogP contribution in [0.5, 0.6) is 0 Å². The number of hydrogen-bond acceptors (Lipinski definition) is 4. The van der Waals surface area contributed by atoms with Crippen molar-refractivity contribution in [3.8, 4) is 0 Å². The minimum absolute atomic E-state index is 0. The molecule has 0 fully saturated rings. The zero-order valence-electron chi connectivity index (χ0n) is 7.25. The minimum Gasteiger partial charge on any atom is -0.412 e. The number of nitro benzene ring substituents is 1. The van der Waals surface area contributed by atoms with E-state index in [1.165, 1.54) is 12.1 Å². The van der Waals surface area contributed by atoms with E-state index in [1.54, 1.807) is 0 Å². The Morgan fingerprint density at radius 1 is 1.20 bits per heavy atom. The van der Waals surface area contributed by atoms with Crippen molar-refractivity contribution in [2.24, 2.45) is 0 Å². The Hall–Kier alpha value is -1.55. The van der Waals surface area contributed by atoms with Crippen molar-refractivity contribution in [2.45, 2.75) is 4.90 Å². The third-order valence-electron chi connectivity index (χ3n) is 1.34. The highest BCUT2D eigenvalue weighted by Gasteiger charge is 2.22. The van der Waals surface area contributed by atoms with Crippen LogP contribution in [0, 0.1) is 10.1 Å². The molecule has 0 saturated carbocycles. The van der Waals surface area contributed by atoms with Gasteiger partial charge < -0.3 is 11.0 Å². The third kappa shape index (κ3) is 3.59. The molecule has 15 heavy (non-hydrogen) atoms. The second kappa shape index (κ2) is 5.36. The van der Waals surface area contributed by atoms with Gasteiger partial charge in [0.05, 0.1) is 4.92 Å². The number of para-hydroxylation sites is 1. The van der Waals surface area contributed by atoms with Crippen LogP contribution in [0.3, 0.4) is 0 Å². The molecule has 0 amide bonds. The van der Waals surface area contributed by atoms with E-state index in [4.69, 9.17) is 4.55 Å². The molecule has 86 valence electrons. The average Bonchev–Trinajstić information content (AvgIpc) is 2.03. The molecule has 5 N–H and O–H groups in total. The van der Waals surface area contributed by atoms with Crippen molar-refractivity contribution in [3.63, 3.8) is 0 Å². The predicted molar refractivity (Wildman–Crippen MR) is 50.1 cm³/mol. The van der Waals surface area contributed by atoms with E-state index >= 15 is 0 Å². The summed E-state index contributed by atoms with van der Waals surface area (Å²) < 4.78 is 29.8. The van der Waals surface area contributed by atoms with E-state index < -0.39 is 25.6 Å². The van der Waals surface area contributed by atoms with Gasteiger partial charge in [0, 0.05) is 6.07 Å². The Bertz CT molecular complexity index is 441. The standard InChI is InChI=1S/C6H5NO5S.2H2O/c8-7(9)5-3-1-2-4-6(5)13(10,11)12;;/h1-4H,(H,10,11,12);2*1H2. The summed E-state index contributed by atoms with van der Waals surface area (Å²) in [5.41, 5.74) is -0.634. The number of benzene rings is 1. The monoisotopic (exact) mass is 239 g/mol. The summed E-state index contributed by atoms with van der Waals surface area (Å²) in [5, 5.41) is 10.3. The van der Waals surface area contributed by atoms with Crippen molar-refractivity contribution >= 4 is 15.8 Å². The van der Waals surface area contributed by atoms with Crippen molar-refractivity contribution in [1.29, 1.82) is 0 Å². The highest BCUT2D eigenvalue weighted by atomic mass is 32.2. The largest absolute Gasteiger partial charge is 0.412 e. The van der Waals surface area contributed by atoms with Gasteiger partial charge in [-0.3, -0.25) is 14.7 Å². The smallest absolute Gasteiger partial charge is 0.301 e. The maximum atomic E-state index is 10.6. The molecule has 0 aliphatic heterocycles. The van der Waals surface area contributed by atoms with Crippen molar-refractivity contribution in [2.75, 3.05) is 0 Å². The molecule has 8 nitrogen and oxygen atoms in total. The topological polar surface area (TPSA) is 161 Å². The zero-order valence-corrected chi connectivity index (χ0v) is 8.06. The molecule has 0 bridgehead atoms. The SMILES string of the molecule is O.O.O=[N+]([O-])c1ccccc1S(=O)(=O)O. The summed E-state index contributed by atoms with van der Waals surface area (Å²) in [4.78, 5) is 8.73. The molecule has 0 radical (unpaired) electrons. The Morgan fingerprint density at radius 2 is 1.67 bits per heavy atom. The fourth-order valence-electron chi connectivity index (χ4n) is 0.826. The van der Waals surface area contributed by atoms with Gasteiger partial charge in [0.2, 0.25) is 0 Å². The van der Waals surface area contributed by atoms with Crippen LogP contribution < -0.4 is 0 Å². The minimum atomic E-state index is -4.52. The highest BCUT2D eigenvalue weighted by molar-refractivity contribution is 7.86. The van der Waals surface area contributed by atoms with Gasteiger partial charge in [0.25, 0.3) is 5.69 Å². The molecule has 0 aliphatic rings. The lowest BCUT2D eigenvalue weighted by molar-refractivity contribution is -0.387. The molecule has 0 atom stereocenters. The van der Waals surface area contributed by atoms with Gasteiger partial charge in [-0.1, -0.05) is 12.1 Å². The molecule has 0 spiro atoms. The maximum Gasteiger partial charge on any atom is 0.301 e. The van der Waals surface area contributed by atoms with Crippen LogP contribution in [0.25, 0.3) is 0 Å². The quantitative estimate of drug-likeness (QED) is 0.405. The van der Waals surface area contributed by atoms with Gasteiger partial charge in [0.15, 0.2) is 4.90 Å². The van der Waals surface area contributed by atoms with E-state index in [9.17, 15) is 18.5 Å². The Labute approximate surface area is 84.7 Å². The summed E-state index contributed by atoms with van der Waals surface area (Å²) in [6.45, 7) is 0. The first-order chi connectivity index (χ1) is 5.93. The van der Waals surface area contributed by atoms with E-state index in [2.05, 4.69) is 0 Å². The normalized spacial score (nSPS) is 9.67. The van der Waals surface area contributed by atoms with E-state index in [0.717, 1.165) is 12.1 Å². The molecule has 1 aromatic rings.